The van der Waals surface area contributed by atoms with Crippen LogP contribution in [0, 0.1) is 46.3 Å². The molecule has 0 aromatic heterocycles. The van der Waals surface area contributed by atoms with Gasteiger partial charge in [-0.15, -0.1) is 0 Å². The maximum Gasteiger partial charge on any atom is -0.00231 e. The van der Waals surface area contributed by atoms with Crippen LogP contribution >= 0.6 is 0 Å². The van der Waals surface area contributed by atoms with E-state index in [0.717, 1.165) is 81.2 Å². The fourth-order valence-electron chi connectivity index (χ4n) is 10.5. The Labute approximate surface area is 255 Å². The van der Waals surface area contributed by atoms with Crippen LogP contribution in [0.3, 0.4) is 0 Å². The summed E-state index contributed by atoms with van der Waals surface area (Å²) in [4.78, 5) is 0. The molecule has 0 amide bonds. The molecule has 3 saturated carbocycles. The zero-order valence-electron chi connectivity index (χ0n) is 27.9. The first-order valence-corrected chi connectivity index (χ1v) is 18.4. The van der Waals surface area contributed by atoms with Gasteiger partial charge in [0.05, 0.1) is 0 Å². The van der Waals surface area contributed by atoms with Crippen molar-refractivity contribution in [1.29, 1.82) is 0 Å². The molecule has 4 aliphatic rings. The number of hydrogen-bond acceptors (Lipinski definition) is 4. The lowest BCUT2D eigenvalue weighted by molar-refractivity contribution is -0.0592. The molecule has 0 aromatic carbocycles. The van der Waals surface area contributed by atoms with E-state index in [1.165, 1.54) is 103 Å². The number of unbranched alkanes of at least 4 members (excludes halogenated alkanes) is 1. The molecule has 0 radical (unpaired) electrons. The Morgan fingerprint density at radius 1 is 0.805 bits per heavy atom. The van der Waals surface area contributed by atoms with E-state index in [1.807, 2.05) is 5.57 Å². The summed E-state index contributed by atoms with van der Waals surface area (Å²) in [6.07, 6.45) is 25.0. The van der Waals surface area contributed by atoms with Crippen LogP contribution in [0.2, 0.25) is 0 Å². The minimum atomic E-state index is 0.551. The number of fused-ring (bicyclic) bond motifs is 5. The quantitative estimate of drug-likeness (QED) is 0.0950. The Morgan fingerprint density at radius 2 is 1.54 bits per heavy atom. The van der Waals surface area contributed by atoms with Gasteiger partial charge in [-0.25, -0.2) is 0 Å². The first kappa shape index (κ1) is 33.5. The van der Waals surface area contributed by atoms with Gasteiger partial charge in [-0.1, -0.05) is 52.2 Å². The van der Waals surface area contributed by atoms with Crippen LogP contribution in [0.15, 0.2) is 11.6 Å². The standard InChI is InChI=1S/C37H70N4/c1-29(28-41-27-11-26-40-24-8-7-23-39-25-10-22-38)12-9-13-30(2)33-17-18-34-32-16-15-31-14-5-6-20-36(31,3)35(32)19-21-37(33,34)4/h14,29-30,32-35,39-41H,5-13,15-28,38H2,1-4H3/t29?,30-,32+,33-,34+,35+,36+,37-/m1/s1. The van der Waals surface area contributed by atoms with E-state index < -0.39 is 0 Å². The van der Waals surface area contributed by atoms with E-state index in [4.69, 9.17) is 5.73 Å². The fraction of sp³-hybridized carbons (Fsp3) is 0.946. The molecule has 41 heavy (non-hydrogen) atoms. The summed E-state index contributed by atoms with van der Waals surface area (Å²) >= 11 is 0. The normalized spacial score (nSPS) is 34.4. The van der Waals surface area contributed by atoms with Crippen molar-refractivity contribution in [2.24, 2.45) is 52.1 Å². The Balaban J connectivity index is 1.06. The van der Waals surface area contributed by atoms with E-state index in [-0.39, 0.29) is 0 Å². The highest BCUT2D eigenvalue weighted by Crippen LogP contribution is 2.67. The molecule has 3 fully saturated rings. The van der Waals surface area contributed by atoms with E-state index in [0.29, 0.717) is 10.8 Å². The van der Waals surface area contributed by atoms with Gasteiger partial charge in [0, 0.05) is 0 Å². The first-order valence-electron chi connectivity index (χ1n) is 18.4. The average Bonchev–Trinajstić information content (AvgIpc) is 3.32. The molecule has 0 spiro atoms. The van der Waals surface area contributed by atoms with Crippen LogP contribution in [-0.2, 0) is 0 Å². The second-order valence-electron chi connectivity index (χ2n) is 15.6. The van der Waals surface area contributed by atoms with Gasteiger partial charge in [-0.05, 0) is 182 Å². The monoisotopic (exact) mass is 571 g/mol. The second kappa shape index (κ2) is 16.6. The van der Waals surface area contributed by atoms with Gasteiger partial charge in [0.1, 0.15) is 0 Å². The zero-order chi connectivity index (χ0) is 29.1. The molecule has 0 aliphatic heterocycles. The van der Waals surface area contributed by atoms with Gasteiger partial charge in [0.2, 0.25) is 0 Å². The van der Waals surface area contributed by atoms with E-state index >= 15 is 0 Å². The van der Waals surface area contributed by atoms with Crippen LogP contribution in [0.25, 0.3) is 0 Å². The molecule has 0 saturated heterocycles. The summed E-state index contributed by atoms with van der Waals surface area (Å²) in [7, 11) is 0. The maximum absolute atomic E-state index is 5.53. The third kappa shape index (κ3) is 8.61. The predicted octanol–water partition coefficient (Wildman–Crippen LogP) is 7.69. The maximum atomic E-state index is 5.53. The lowest BCUT2D eigenvalue weighted by Gasteiger charge is -2.58. The molecule has 1 unspecified atom stereocenters. The average molecular weight is 571 g/mol. The van der Waals surface area contributed by atoms with Gasteiger partial charge < -0.3 is 21.7 Å². The fourth-order valence-corrected chi connectivity index (χ4v) is 10.5. The predicted molar refractivity (Wildman–Crippen MR) is 178 cm³/mol. The number of hydrogen-bond donors (Lipinski definition) is 4. The Hall–Kier alpha value is -0.420. The van der Waals surface area contributed by atoms with Gasteiger partial charge in [-0.3, -0.25) is 0 Å². The second-order valence-corrected chi connectivity index (χ2v) is 15.6. The Bertz CT molecular complexity index is 781. The molecule has 4 nitrogen and oxygen atoms in total. The third-order valence-electron chi connectivity index (χ3n) is 12.9. The first-order chi connectivity index (χ1) is 19.9. The molecular formula is C37H70N4. The van der Waals surface area contributed by atoms with Crippen molar-refractivity contribution < 1.29 is 0 Å². The minimum absolute atomic E-state index is 0.551. The highest BCUT2D eigenvalue weighted by molar-refractivity contribution is 5.23. The van der Waals surface area contributed by atoms with Gasteiger partial charge in [0.15, 0.2) is 0 Å². The van der Waals surface area contributed by atoms with E-state index in [1.54, 1.807) is 0 Å². The molecule has 4 heteroatoms. The highest BCUT2D eigenvalue weighted by Gasteiger charge is 2.59. The molecule has 5 N–H and O–H groups in total. The van der Waals surface area contributed by atoms with Gasteiger partial charge >= 0.3 is 0 Å². The summed E-state index contributed by atoms with van der Waals surface area (Å²) in [5, 5.41) is 10.8. The summed E-state index contributed by atoms with van der Waals surface area (Å²) in [5.41, 5.74) is 8.56. The summed E-state index contributed by atoms with van der Waals surface area (Å²) in [6, 6.07) is 0. The molecule has 0 bridgehead atoms. The zero-order valence-corrected chi connectivity index (χ0v) is 27.9. The van der Waals surface area contributed by atoms with E-state index in [9.17, 15) is 0 Å². The van der Waals surface area contributed by atoms with Crippen molar-refractivity contribution in [3.8, 4) is 0 Å². The van der Waals surface area contributed by atoms with Crippen LogP contribution in [0.1, 0.15) is 130 Å². The minimum Gasteiger partial charge on any atom is -0.330 e. The molecule has 8 atom stereocenters. The number of rotatable bonds is 19. The largest absolute Gasteiger partial charge is 0.330 e. The van der Waals surface area contributed by atoms with Gasteiger partial charge in [0.25, 0.3) is 0 Å². The highest BCUT2D eigenvalue weighted by atomic mass is 14.9. The Kier molecular flexibility index (Phi) is 13.5. The van der Waals surface area contributed by atoms with Crippen molar-refractivity contribution in [2.75, 3.05) is 45.8 Å². The molecule has 238 valence electrons. The molecule has 0 heterocycles. The van der Waals surface area contributed by atoms with Crippen molar-refractivity contribution in [3.63, 3.8) is 0 Å². The Morgan fingerprint density at radius 3 is 2.32 bits per heavy atom. The molecule has 4 rings (SSSR count). The van der Waals surface area contributed by atoms with Crippen LogP contribution in [-0.4, -0.2) is 45.8 Å². The van der Waals surface area contributed by atoms with Crippen LogP contribution in [0.4, 0.5) is 0 Å². The molecule has 0 aromatic rings. The van der Waals surface area contributed by atoms with Crippen molar-refractivity contribution >= 4 is 0 Å². The SMILES string of the molecule is CC(CCC[C@@H](C)[C@H]1CC[C@H]2[C@@H]3CCC4=CCCC[C@]4(C)[C@H]3CC[C@]12C)CNCCCNCCCCNCCCN. The summed E-state index contributed by atoms with van der Waals surface area (Å²) in [6.45, 7) is 18.1. The van der Waals surface area contributed by atoms with Crippen molar-refractivity contribution in [1.82, 2.24) is 16.0 Å². The summed E-state index contributed by atoms with van der Waals surface area (Å²) < 4.78 is 0. The van der Waals surface area contributed by atoms with Gasteiger partial charge in [-0.2, -0.15) is 0 Å². The van der Waals surface area contributed by atoms with Crippen molar-refractivity contribution in [3.05, 3.63) is 11.6 Å². The number of nitrogens with one attached hydrogen (secondary N) is 3. The van der Waals surface area contributed by atoms with Crippen LogP contribution in [0.5, 0.6) is 0 Å². The molecular weight excluding hydrogens is 500 g/mol. The topological polar surface area (TPSA) is 62.1 Å². The van der Waals surface area contributed by atoms with E-state index in [2.05, 4.69) is 49.7 Å². The lowest BCUT2D eigenvalue weighted by atomic mass is 9.46. The lowest BCUT2D eigenvalue weighted by Crippen LogP contribution is -2.50. The van der Waals surface area contributed by atoms with Crippen molar-refractivity contribution in [2.45, 2.75) is 130 Å². The third-order valence-corrected chi connectivity index (χ3v) is 12.9. The smallest absolute Gasteiger partial charge is 0.00231 e. The molecule has 4 aliphatic carbocycles. The van der Waals surface area contributed by atoms with Crippen LogP contribution < -0.4 is 21.7 Å². The summed E-state index contributed by atoms with van der Waals surface area (Å²) in [5.74, 6) is 5.68. The number of nitrogens with two attached hydrogens (primary N) is 1. The number of allylic oxidation sites excluding steroid dienone is 2.